The van der Waals surface area contributed by atoms with Crippen molar-refractivity contribution in [1.29, 1.82) is 0 Å². The molecule has 0 unspecified atom stereocenters. The number of nitrogen functional groups attached to an aromatic ring is 1. The van der Waals surface area contributed by atoms with Gasteiger partial charge >= 0.3 is 0 Å². The van der Waals surface area contributed by atoms with Crippen molar-refractivity contribution in [2.45, 2.75) is 13.8 Å². The largest absolute Gasteiger partial charge is 0.398 e. The fourth-order valence-electron chi connectivity index (χ4n) is 1.66. The van der Waals surface area contributed by atoms with Gasteiger partial charge in [-0.25, -0.2) is 0 Å². The molecule has 1 aromatic carbocycles. The molecule has 2 N–H and O–H groups in total. The second-order valence-corrected chi connectivity index (χ2v) is 3.78. The van der Waals surface area contributed by atoms with Crippen molar-refractivity contribution in [3.63, 3.8) is 0 Å². The zero-order valence-electron chi connectivity index (χ0n) is 8.99. The summed E-state index contributed by atoms with van der Waals surface area (Å²) in [6.45, 7) is 4.02. The quantitative estimate of drug-likeness (QED) is 0.715. The first-order chi connectivity index (χ1) is 7.16. The number of aryl methyl sites for hydroxylation is 2. The molecule has 0 saturated carbocycles. The van der Waals surface area contributed by atoms with Crippen LogP contribution in [0.15, 0.2) is 36.5 Å². The Balaban J connectivity index is 2.54. The second kappa shape index (κ2) is 3.73. The van der Waals surface area contributed by atoms with Gasteiger partial charge in [0.25, 0.3) is 0 Å². The topological polar surface area (TPSA) is 38.9 Å². The van der Waals surface area contributed by atoms with Gasteiger partial charge in [-0.2, -0.15) is 0 Å². The number of nitrogens with two attached hydrogens (primary N) is 1. The average Bonchev–Trinajstić information content (AvgIpc) is 2.17. The molecule has 0 bridgehead atoms. The highest BCUT2D eigenvalue weighted by molar-refractivity contribution is 5.76. The van der Waals surface area contributed by atoms with E-state index in [9.17, 15) is 0 Å². The van der Waals surface area contributed by atoms with Crippen LogP contribution in [0.1, 0.15) is 11.3 Å². The summed E-state index contributed by atoms with van der Waals surface area (Å²) in [7, 11) is 0. The number of nitrogens with zero attached hydrogens (tertiary/aromatic N) is 1. The number of benzene rings is 1. The van der Waals surface area contributed by atoms with Crippen molar-refractivity contribution in [3.05, 3.63) is 47.8 Å². The lowest BCUT2D eigenvalue weighted by Crippen LogP contribution is -1.91. The van der Waals surface area contributed by atoms with Crippen LogP contribution in [0, 0.1) is 13.8 Å². The summed E-state index contributed by atoms with van der Waals surface area (Å²) < 4.78 is 0. The summed E-state index contributed by atoms with van der Waals surface area (Å²) in [5.74, 6) is 0. The fourth-order valence-corrected chi connectivity index (χ4v) is 1.66. The number of pyridine rings is 1. The van der Waals surface area contributed by atoms with Gasteiger partial charge in [-0.1, -0.05) is 12.1 Å². The molecule has 1 aromatic heterocycles. The third kappa shape index (κ3) is 1.99. The van der Waals surface area contributed by atoms with Gasteiger partial charge in [-0.3, -0.25) is 4.98 Å². The molecule has 0 aliphatic carbocycles. The Bertz CT molecular complexity index is 490. The molecule has 2 heteroatoms. The summed E-state index contributed by atoms with van der Waals surface area (Å²) in [6.07, 6.45) is 1.81. The summed E-state index contributed by atoms with van der Waals surface area (Å²) in [6, 6.07) is 10.1. The second-order valence-electron chi connectivity index (χ2n) is 3.78. The van der Waals surface area contributed by atoms with Gasteiger partial charge in [0.1, 0.15) is 0 Å². The lowest BCUT2D eigenvalue weighted by atomic mass is 10.0. The average molecular weight is 198 g/mol. The van der Waals surface area contributed by atoms with E-state index in [1.807, 2.05) is 38.2 Å². The standard InChI is InChI=1S/C13H14N2/c1-9-3-4-12(13(14)7-9)11-5-6-15-10(2)8-11/h3-8H,14H2,1-2H3. The van der Waals surface area contributed by atoms with Gasteiger partial charge in [0.15, 0.2) is 0 Å². The lowest BCUT2D eigenvalue weighted by molar-refractivity contribution is 1.20. The molecule has 0 saturated heterocycles. The minimum absolute atomic E-state index is 0.820. The van der Waals surface area contributed by atoms with Gasteiger partial charge < -0.3 is 5.73 Å². The van der Waals surface area contributed by atoms with Crippen molar-refractivity contribution in [2.75, 3.05) is 5.73 Å². The maximum atomic E-state index is 5.98. The molecule has 76 valence electrons. The monoisotopic (exact) mass is 198 g/mol. The van der Waals surface area contributed by atoms with Crippen molar-refractivity contribution in [1.82, 2.24) is 4.98 Å². The van der Waals surface area contributed by atoms with Crippen molar-refractivity contribution in [3.8, 4) is 11.1 Å². The third-order valence-corrected chi connectivity index (χ3v) is 2.41. The van der Waals surface area contributed by atoms with Crippen LogP contribution in [0.2, 0.25) is 0 Å². The molecule has 0 radical (unpaired) electrons. The van der Waals surface area contributed by atoms with Crippen LogP contribution in [0.25, 0.3) is 11.1 Å². The van der Waals surface area contributed by atoms with E-state index in [0.717, 1.165) is 22.5 Å². The Morgan fingerprint density at radius 2 is 1.87 bits per heavy atom. The number of hydrogen-bond acceptors (Lipinski definition) is 2. The van der Waals surface area contributed by atoms with Crippen molar-refractivity contribution < 1.29 is 0 Å². The summed E-state index contributed by atoms with van der Waals surface area (Å²) >= 11 is 0. The lowest BCUT2D eigenvalue weighted by Gasteiger charge is -2.07. The highest BCUT2D eigenvalue weighted by Crippen LogP contribution is 2.26. The van der Waals surface area contributed by atoms with E-state index in [4.69, 9.17) is 5.73 Å². The van der Waals surface area contributed by atoms with Gasteiger partial charge in [0.05, 0.1) is 0 Å². The van der Waals surface area contributed by atoms with E-state index in [1.165, 1.54) is 5.56 Å². The minimum Gasteiger partial charge on any atom is -0.398 e. The zero-order valence-corrected chi connectivity index (χ0v) is 8.99. The predicted octanol–water partition coefficient (Wildman–Crippen LogP) is 2.95. The van der Waals surface area contributed by atoms with E-state index in [-0.39, 0.29) is 0 Å². The Kier molecular flexibility index (Phi) is 2.42. The highest BCUT2D eigenvalue weighted by Gasteiger charge is 2.02. The minimum atomic E-state index is 0.820. The molecule has 0 fully saturated rings. The zero-order chi connectivity index (χ0) is 10.8. The summed E-state index contributed by atoms with van der Waals surface area (Å²) in [4.78, 5) is 4.17. The first-order valence-corrected chi connectivity index (χ1v) is 4.96. The van der Waals surface area contributed by atoms with Crippen molar-refractivity contribution >= 4 is 5.69 Å². The first-order valence-electron chi connectivity index (χ1n) is 4.96. The Morgan fingerprint density at radius 3 is 2.53 bits per heavy atom. The molecule has 0 atom stereocenters. The van der Waals surface area contributed by atoms with E-state index in [0.29, 0.717) is 0 Å². The van der Waals surface area contributed by atoms with Gasteiger partial charge in [0, 0.05) is 23.1 Å². The van der Waals surface area contributed by atoms with E-state index in [1.54, 1.807) is 0 Å². The normalized spacial score (nSPS) is 10.3. The summed E-state index contributed by atoms with van der Waals surface area (Å²) in [5, 5.41) is 0. The third-order valence-electron chi connectivity index (χ3n) is 2.41. The van der Waals surface area contributed by atoms with Gasteiger partial charge in [-0.05, 0) is 43.2 Å². The molecule has 2 aromatic rings. The number of aromatic nitrogens is 1. The van der Waals surface area contributed by atoms with Crippen LogP contribution in [-0.4, -0.2) is 4.98 Å². The molecule has 15 heavy (non-hydrogen) atoms. The van der Waals surface area contributed by atoms with Crippen LogP contribution in [0.3, 0.4) is 0 Å². The molecule has 0 aliphatic heterocycles. The Hall–Kier alpha value is -1.83. The molecule has 2 nitrogen and oxygen atoms in total. The van der Waals surface area contributed by atoms with Crippen LogP contribution >= 0.6 is 0 Å². The molecule has 0 amide bonds. The Labute approximate surface area is 89.8 Å². The Morgan fingerprint density at radius 1 is 1.07 bits per heavy atom. The predicted molar refractivity (Wildman–Crippen MR) is 63.6 cm³/mol. The van der Waals surface area contributed by atoms with E-state index < -0.39 is 0 Å². The SMILES string of the molecule is Cc1ccc(-c2ccnc(C)c2)c(N)c1. The fraction of sp³-hybridized carbons (Fsp3) is 0.154. The van der Waals surface area contributed by atoms with Gasteiger partial charge in [0.2, 0.25) is 0 Å². The highest BCUT2D eigenvalue weighted by atomic mass is 14.6. The molecular formula is C13H14N2. The van der Waals surface area contributed by atoms with Crippen LogP contribution in [0.5, 0.6) is 0 Å². The van der Waals surface area contributed by atoms with Crippen LogP contribution < -0.4 is 5.73 Å². The number of hydrogen-bond donors (Lipinski definition) is 1. The number of anilines is 1. The smallest absolute Gasteiger partial charge is 0.0396 e. The molecule has 1 heterocycles. The maximum Gasteiger partial charge on any atom is 0.0396 e. The molecule has 0 aliphatic rings. The molecule has 2 rings (SSSR count). The van der Waals surface area contributed by atoms with E-state index >= 15 is 0 Å². The summed E-state index contributed by atoms with van der Waals surface area (Å²) in [5.41, 5.74) is 11.2. The van der Waals surface area contributed by atoms with Crippen LogP contribution in [-0.2, 0) is 0 Å². The maximum absolute atomic E-state index is 5.98. The van der Waals surface area contributed by atoms with E-state index in [2.05, 4.69) is 17.1 Å². The molecule has 0 spiro atoms. The van der Waals surface area contributed by atoms with Gasteiger partial charge in [-0.15, -0.1) is 0 Å². The van der Waals surface area contributed by atoms with Crippen molar-refractivity contribution in [2.24, 2.45) is 0 Å². The van der Waals surface area contributed by atoms with Crippen LogP contribution in [0.4, 0.5) is 5.69 Å². The molecular weight excluding hydrogens is 184 g/mol. The number of rotatable bonds is 1. The first kappa shape index (κ1) is 9.71.